The number of nitrogens with zero attached hydrogens (tertiary/aromatic N) is 1. The monoisotopic (exact) mass is 338 g/mol. The zero-order valence-corrected chi connectivity index (χ0v) is 13.8. The summed E-state index contributed by atoms with van der Waals surface area (Å²) < 4.78 is 5.44. The van der Waals surface area contributed by atoms with Crippen molar-refractivity contribution in [2.45, 2.75) is 31.5 Å². The molecule has 1 saturated heterocycles. The van der Waals surface area contributed by atoms with E-state index in [1.807, 2.05) is 18.2 Å². The number of methoxy groups -OCH3 is 1. The Labute approximate surface area is 136 Å². The summed E-state index contributed by atoms with van der Waals surface area (Å²) in [4.78, 5) is 2.37. The molecule has 6 heteroatoms. The second-order valence-electron chi connectivity index (χ2n) is 4.98. The lowest BCUT2D eigenvalue weighted by Gasteiger charge is -2.38. The van der Waals surface area contributed by atoms with Crippen LogP contribution in [-0.2, 0) is 11.3 Å². The van der Waals surface area contributed by atoms with Gasteiger partial charge in [-0.05, 0) is 36.6 Å². The molecule has 2 N–H and O–H groups in total. The van der Waals surface area contributed by atoms with Crippen LogP contribution >= 0.6 is 35.6 Å². The van der Waals surface area contributed by atoms with Crippen LogP contribution in [0.4, 0.5) is 0 Å². The van der Waals surface area contributed by atoms with Crippen LogP contribution in [0.1, 0.15) is 18.4 Å². The molecule has 20 heavy (non-hydrogen) atoms. The molecule has 2 atom stereocenters. The maximum atomic E-state index is 6.22. The van der Waals surface area contributed by atoms with Gasteiger partial charge in [-0.2, -0.15) is 0 Å². The number of halogens is 3. The fourth-order valence-electron chi connectivity index (χ4n) is 2.61. The summed E-state index contributed by atoms with van der Waals surface area (Å²) >= 11 is 12.2. The Bertz CT molecular complexity index is 431. The maximum absolute atomic E-state index is 6.22. The number of benzene rings is 1. The van der Waals surface area contributed by atoms with E-state index in [0.29, 0.717) is 18.7 Å². The Morgan fingerprint density at radius 2 is 2.15 bits per heavy atom. The SMILES string of the molecule is COC1CCN(Cc2cc(Cl)ccc2Cl)C(CN)C1.Cl. The molecule has 0 aliphatic carbocycles. The number of nitrogens with two attached hydrogens (primary N) is 1. The Hall–Kier alpha value is -0.0300. The highest BCUT2D eigenvalue weighted by molar-refractivity contribution is 6.33. The van der Waals surface area contributed by atoms with Crippen LogP contribution in [0.5, 0.6) is 0 Å². The van der Waals surface area contributed by atoms with Crippen LogP contribution in [0, 0.1) is 0 Å². The molecule has 1 aliphatic rings. The molecule has 0 spiro atoms. The number of piperidine rings is 1. The van der Waals surface area contributed by atoms with Crippen molar-refractivity contribution in [1.29, 1.82) is 0 Å². The van der Waals surface area contributed by atoms with E-state index in [1.54, 1.807) is 7.11 Å². The second-order valence-corrected chi connectivity index (χ2v) is 5.82. The molecule has 1 heterocycles. The number of rotatable bonds is 4. The van der Waals surface area contributed by atoms with Gasteiger partial charge in [-0.25, -0.2) is 0 Å². The first-order valence-electron chi connectivity index (χ1n) is 6.55. The third-order valence-electron chi connectivity index (χ3n) is 3.78. The maximum Gasteiger partial charge on any atom is 0.0599 e. The average Bonchev–Trinajstić information content (AvgIpc) is 2.43. The first-order valence-corrected chi connectivity index (χ1v) is 7.30. The third kappa shape index (κ3) is 4.48. The summed E-state index contributed by atoms with van der Waals surface area (Å²) in [6.45, 7) is 2.40. The van der Waals surface area contributed by atoms with Crippen LogP contribution in [-0.4, -0.2) is 37.2 Å². The zero-order chi connectivity index (χ0) is 13.8. The molecule has 3 nitrogen and oxygen atoms in total. The van der Waals surface area contributed by atoms with E-state index in [0.717, 1.165) is 41.5 Å². The summed E-state index contributed by atoms with van der Waals surface area (Å²) in [6, 6.07) is 5.93. The lowest BCUT2D eigenvalue weighted by Crippen LogP contribution is -2.48. The third-order valence-corrected chi connectivity index (χ3v) is 4.38. The molecular formula is C14H21Cl3N2O. The van der Waals surface area contributed by atoms with Crippen molar-refractivity contribution in [2.24, 2.45) is 5.73 Å². The predicted molar refractivity (Wildman–Crippen MR) is 87.0 cm³/mol. The molecule has 1 fully saturated rings. The molecular weight excluding hydrogens is 319 g/mol. The minimum absolute atomic E-state index is 0. The van der Waals surface area contributed by atoms with Gasteiger partial charge in [0.25, 0.3) is 0 Å². The Morgan fingerprint density at radius 3 is 2.80 bits per heavy atom. The van der Waals surface area contributed by atoms with Gasteiger partial charge in [-0.3, -0.25) is 4.90 Å². The molecule has 1 aromatic rings. The van der Waals surface area contributed by atoms with Crippen molar-refractivity contribution < 1.29 is 4.74 Å². The summed E-state index contributed by atoms with van der Waals surface area (Å²) in [6.07, 6.45) is 2.33. The Balaban J connectivity index is 0.00000200. The minimum atomic E-state index is 0. The van der Waals surface area contributed by atoms with E-state index in [1.165, 1.54) is 0 Å². The number of hydrogen-bond donors (Lipinski definition) is 1. The smallest absolute Gasteiger partial charge is 0.0599 e. The summed E-state index contributed by atoms with van der Waals surface area (Å²) in [5, 5.41) is 1.48. The minimum Gasteiger partial charge on any atom is -0.381 e. The highest BCUT2D eigenvalue weighted by atomic mass is 35.5. The fraction of sp³-hybridized carbons (Fsp3) is 0.571. The quantitative estimate of drug-likeness (QED) is 0.914. The van der Waals surface area contributed by atoms with Gasteiger partial charge < -0.3 is 10.5 Å². The van der Waals surface area contributed by atoms with Crippen LogP contribution in [0.15, 0.2) is 18.2 Å². The molecule has 0 saturated carbocycles. The van der Waals surface area contributed by atoms with E-state index in [9.17, 15) is 0 Å². The molecule has 2 rings (SSSR count). The molecule has 114 valence electrons. The largest absolute Gasteiger partial charge is 0.381 e. The van der Waals surface area contributed by atoms with Crippen LogP contribution < -0.4 is 5.73 Å². The molecule has 0 amide bonds. The van der Waals surface area contributed by atoms with E-state index in [-0.39, 0.29) is 12.4 Å². The summed E-state index contributed by atoms with van der Waals surface area (Å²) in [7, 11) is 1.77. The lowest BCUT2D eigenvalue weighted by atomic mass is 9.98. The number of likely N-dealkylation sites (tertiary alicyclic amines) is 1. The fourth-order valence-corrected chi connectivity index (χ4v) is 2.99. The first-order chi connectivity index (χ1) is 9.13. The van der Waals surface area contributed by atoms with Crippen LogP contribution in [0.3, 0.4) is 0 Å². The lowest BCUT2D eigenvalue weighted by molar-refractivity contribution is 0.0102. The van der Waals surface area contributed by atoms with Gasteiger partial charge in [0.2, 0.25) is 0 Å². The average molecular weight is 340 g/mol. The summed E-state index contributed by atoms with van der Waals surface area (Å²) in [5.74, 6) is 0. The van der Waals surface area contributed by atoms with Gasteiger partial charge in [0, 0.05) is 42.8 Å². The van der Waals surface area contributed by atoms with Crippen LogP contribution in [0.2, 0.25) is 10.0 Å². The normalized spacial score (nSPS) is 23.4. The van der Waals surface area contributed by atoms with E-state index in [4.69, 9.17) is 33.7 Å². The molecule has 1 aromatic carbocycles. The van der Waals surface area contributed by atoms with Gasteiger partial charge >= 0.3 is 0 Å². The zero-order valence-electron chi connectivity index (χ0n) is 11.5. The summed E-state index contributed by atoms with van der Waals surface area (Å²) in [5.41, 5.74) is 6.93. The number of hydrogen-bond acceptors (Lipinski definition) is 3. The van der Waals surface area contributed by atoms with Crippen molar-refractivity contribution in [3.05, 3.63) is 33.8 Å². The second kappa shape index (κ2) is 8.42. The van der Waals surface area contributed by atoms with Gasteiger partial charge in [-0.15, -0.1) is 12.4 Å². The van der Waals surface area contributed by atoms with E-state index in [2.05, 4.69) is 4.90 Å². The Morgan fingerprint density at radius 1 is 1.40 bits per heavy atom. The van der Waals surface area contributed by atoms with Gasteiger partial charge in [0.05, 0.1) is 6.10 Å². The van der Waals surface area contributed by atoms with Crippen molar-refractivity contribution in [3.8, 4) is 0 Å². The van der Waals surface area contributed by atoms with Crippen molar-refractivity contribution in [1.82, 2.24) is 4.90 Å². The standard InChI is InChI=1S/C14H20Cl2N2O.ClH/c1-19-13-4-5-18(12(7-13)8-17)9-10-6-11(15)2-3-14(10)16;/h2-3,6,12-13H,4-5,7-9,17H2,1H3;1H. The highest BCUT2D eigenvalue weighted by Crippen LogP contribution is 2.26. The van der Waals surface area contributed by atoms with E-state index >= 15 is 0 Å². The molecule has 0 radical (unpaired) electrons. The molecule has 0 aromatic heterocycles. The van der Waals surface area contributed by atoms with Gasteiger partial charge in [0.1, 0.15) is 0 Å². The number of ether oxygens (including phenoxy) is 1. The van der Waals surface area contributed by atoms with Crippen LogP contribution in [0.25, 0.3) is 0 Å². The predicted octanol–water partition coefficient (Wildman–Crippen LogP) is 3.35. The topological polar surface area (TPSA) is 38.5 Å². The molecule has 2 unspecified atom stereocenters. The molecule has 1 aliphatic heterocycles. The van der Waals surface area contributed by atoms with E-state index < -0.39 is 0 Å². The highest BCUT2D eigenvalue weighted by Gasteiger charge is 2.27. The van der Waals surface area contributed by atoms with Gasteiger partial charge in [-0.1, -0.05) is 23.2 Å². The first kappa shape index (κ1) is 18.0. The molecule has 0 bridgehead atoms. The van der Waals surface area contributed by atoms with Crippen molar-refractivity contribution >= 4 is 35.6 Å². The van der Waals surface area contributed by atoms with Crippen molar-refractivity contribution in [3.63, 3.8) is 0 Å². The van der Waals surface area contributed by atoms with Crippen molar-refractivity contribution in [2.75, 3.05) is 20.2 Å². The Kier molecular flexibility index (Phi) is 7.59. The van der Waals surface area contributed by atoms with Gasteiger partial charge in [0.15, 0.2) is 0 Å².